The summed E-state index contributed by atoms with van der Waals surface area (Å²) in [6, 6.07) is 5.93. The fourth-order valence-corrected chi connectivity index (χ4v) is 3.92. The van der Waals surface area contributed by atoms with Gasteiger partial charge in [-0.25, -0.2) is 4.98 Å². The fraction of sp³-hybridized carbons (Fsp3) is 0.333. The van der Waals surface area contributed by atoms with Crippen LogP contribution >= 0.6 is 11.3 Å². The molecule has 3 aromatic rings. The Labute approximate surface area is 155 Å². The minimum atomic E-state index is -0.0891. The van der Waals surface area contributed by atoms with Crippen LogP contribution in [0, 0.1) is 0 Å². The molecule has 0 spiro atoms. The van der Waals surface area contributed by atoms with Gasteiger partial charge >= 0.3 is 0 Å². The number of hydrogen-bond donors (Lipinski definition) is 1. The third-order valence-corrected chi connectivity index (χ3v) is 5.41. The number of nitrogens with zero attached hydrogens (tertiary/aromatic N) is 5. The molecule has 0 aliphatic carbocycles. The molecule has 0 bridgehead atoms. The predicted octanol–water partition coefficient (Wildman–Crippen LogP) is 2.34. The highest BCUT2D eigenvalue weighted by molar-refractivity contribution is 7.13. The molecule has 1 N–H and O–H groups in total. The van der Waals surface area contributed by atoms with Crippen molar-refractivity contribution in [3.8, 4) is 10.6 Å². The lowest BCUT2D eigenvalue weighted by Crippen LogP contribution is -2.48. The number of amides is 1. The minimum absolute atomic E-state index is 0.0818. The first kappa shape index (κ1) is 16.7. The van der Waals surface area contributed by atoms with E-state index < -0.39 is 0 Å². The Kier molecular flexibility index (Phi) is 4.66. The molecular formula is C18H20N6OS. The molecule has 7 nitrogen and oxygen atoms in total. The lowest BCUT2D eigenvalue weighted by molar-refractivity contribution is 0.0923. The van der Waals surface area contributed by atoms with Crippen molar-refractivity contribution in [2.45, 2.75) is 18.9 Å². The largest absolute Gasteiger partial charge is 0.353 e. The van der Waals surface area contributed by atoms with Crippen LogP contribution in [0.1, 0.15) is 23.3 Å². The lowest BCUT2D eigenvalue weighted by atomic mass is 10.1. The molecule has 3 aromatic heterocycles. The second-order valence-corrected chi connectivity index (χ2v) is 7.29. The van der Waals surface area contributed by atoms with Gasteiger partial charge in [0.05, 0.1) is 11.1 Å². The van der Waals surface area contributed by atoms with Gasteiger partial charge in [-0.15, -0.1) is 11.3 Å². The standard InChI is InChI=1S/C18H20N6OS/c1-23-15(10-14(22-23)16-5-3-9-26-16)18(25)21-13-4-2-8-24(12-13)17-11-19-6-7-20-17/h3,5-7,9-11,13H,2,4,8,12H2,1H3,(H,21,25). The lowest BCUT2D eigenvalue weighted by Gasteiger charge is -2.33. The highest BCUT2D eigenvalue weighted by Crippen LogP contribution is 2.24. The summed E-state index contributed by atoms with van der Waals surface area (Å²) in [5.41, 5.74) is 1.41. The Morgan fingerprint density at radius 3 is 3.08 bits per heavy atom. The van der Waals surface area contributed by atoms with Crippen LogP contribution in [0.25, 0.3) is 10.6 Å². The maximum Gasteiger partial charge on any atom is 0.269 e. The number of aryl methyl sites for hydroxylation is 1. The first-order valence-corrected chi connectivity index (χ1v) is 9.48. The van der Waals surface area contributed by atoms with E-state index in [1.807, 2.05) is 23.6 Å². The molecule has 4 rings (SSSR count). The number of aromatic nitrogens is 4. The third kappa shape index (κ3) is 3.45. The average Bonchev–Trinajstić information content (AvgIpc) is 3.32. The van der Waals surface area contributed by atoms with E-state index in [0.717, 1.165) is 42.3 Å². The van der Waals surface area contributed by atoms with Crippen LogP contribution in [0.5, 0.6) is 0 Å². The molecule has 1 fully saturated rings. The van der Waals surface area contributed by atoms with Crippen LogP contribution in [-0.4, -0.2) is 44.8 Å². The van der Waals surface area contributed by atoms with Gasteiger partial charge < -0.3 is 10.2 Å². The summed E-state index contributed by atoms with van der Waals surface area (Å²) >= 11 is 1.62. The molecule has 26 heavy (non-hydrogen) atoms. The van der Waals surface area contributed by atoms with Gasteiger partial charge in [-0.2, -0.15) is 5.10 Å². The predicted molar refractivity (Wildman–Crippen MR) is 101 cm³/mol. The molecule has 1 saturated heterocycles. The molecule has 1 amide bonds. The van der Waals surface area contributed by atoms with Crippen LogP contribution in [-0.2, 0) is 7.05 Å². The highest BCUT2D eigenvalue weighted by atomic mass is 32.1. The van der Waals surface area contributed by atoms with Gasteiger partial charge in [0.2, 0.25) is 0 Å². The molecule has 1 unspecified atom stereocenters. The van der Waals surface area contributed by atoms with Crippen molar-refractivity contribution in [3.63, 3.8) is 0 Å². The summed E-state index contributed by atoms with van der Waals surface area (Å²) in [6.45, 7) is 1.67. The number of carbonyl (C=O) groups is 1. The molecule has 134 valence electrons. The average molecular weight is 368 g/mol. The number of thiophene rings is 1. The van der Waals surface area contributed by atoms with Crippen molar-refractivity contribution in [1.82, 2.24) is 25.1 Å². The quantitative estimate of drug-likeness (QED) is 0.765. The molecule has 1 atom stereocenters. The molecule has 1 aliphatic rings. The van der Waals surface area contributed by atoms with E-state index in [1.165, 1.54) is 0 Å². The van der Waals surface area contributed by atoms with E-state index in [4.69, 9.17) is 0 Å². The van der Waals surface area contributed by atoms with E-state index in [9.17, 15) is 4.79 Å². The molecule has 0 radical (unpaired) electrons. The Morgan fingerprint density at radius 2 is 2.31 bits per heavy atom. The van der Waals surface area contributed by atoms with Crippen LogP contribution in [0.3, 0.4) is 0 Å². The van der Waals surface area contributed by atoms with Crippen LogP contribution in [0.15, 0.2) is 42.2 Å². The Balaban J connectivity index is 1.45. The molecule has 8 heteroatoms. The first-order valence-electron chi connectivity index (χ1n) is 8.60. The van der Waals surface area contributed by atoms with Gasteiger partial charge in [0.25, 0.3) is 5.91 Å². The second kappa shape index (κ2) is 7.25. The topological polar surface area (TPSA) is 75.9 Å². The van der Waals surface area contributed by atoms with Crippen molar-refractivity contribution in [3.05, 3.63) is 47.9 Å². The third-order valence-electron chi connectivity index (χ3n) is 4.52. The Morgan fingerprint density at radius 1 is 1.38 bits per heavy atom. The maximum atomic E-state index is 12.7. The zero-order valence-corrected chi connectivity index (χ0v) is 15.3. The molecular weight excluding hydrogens is 348 g/mol. The summed E-state index contributed by atoms with van der Waals surface area (Å²) in [6.07, 6.45) is 7.09. The van der Waals surface area contributed by atoms with E-state index in [-0.39, 0.29) is 11.9 Å². The zero-order chi connectivity index (χ0) is 17.9. The van der Waals surface area contributed by atoms with Gasteiger partial charge in [0, 0.05) is 38.6 Å². The number of hydrogen-bond acceptors (Lipinski definition) is 6. The smallest absolute Gasteiger partial charge is 0.269 e. The second-order valence-electron chi connectivity index (χ2n) is 6.34. The fourth-order valence-electron chi connectivity index (χ4n) is 3.24. The van der Waals surface area contributed by atoms with Crippen molar-refractivity contribution >= 4 is 23.1 Å². The number of rotatable bonds is 4. The van der Waals surface area contributed by atoms with Crippen LogP contribution in [0.4, 0.5) is 5.82 Å². The van der Waals surface area contributed by atoms with E-state index in [1.54, 1.807) is 41.7 Å². The van der Waals surface area contributed by atoms with Crippen molar-refractivity contribution in [2.75, 3.05) is 18.0 Å². The van der Waals surface area contributed by atoms with Crippen molar-refractivity contribution < 1.29 is 4.79 Å². The molecule has 4 heterocycles. The van der Waals surface area contributed by atoms with E-state index in [0.29, 0.717) is 5.69 Å². The SMILES string of the molecule is Cn1nc(-c2cccs2)cc1C(=O)NC1CCCN(c2cnccn2)C1. The van der Waals surface area contributed by atoms with Gasteiger partial charge in [-0.3, -0.25) is 14.5 Å². The highest BCUT2D eigenvalue weighted by Gasteiger charge is 2.24. The van der Waals surface area contributed by atoms with Crippen molar-refractivity contribution in [1.29, 1.82) is 0 Å². The number of nitrogens with one attached hydrogen (secondary N) is 1. The molecule has 0 saturated carbocycles. The van der Waals surface area contributed by atoms with Gasteiger partial charge in [0.1, 0.15) is 17.2 Å². The maximum absolute atomic E-state index is 12.7. The first-order chi connectivity index (χ1) is 12.7. The van der Waals surface area contributed by atoms with E-state index >= 15 is 0 Å². The Hall–Kier alpha value is -2.74. The van der Waals surface area contributed by atoms with Crippen molar-refractivity contribution in [2.24, 2.45) is 7.05 Å². The summed E-state index contributed by atoms with van der Waals surface area (Å²) in [5.74, 6) is 0.765. The normalized spacial score (nSPS) is 17.3. The van der Waals surface area contributed by atoms with E-state index in [2.05, 4.69) is 25.3 Å². The molecule has 1 aliphatic heterocycles. The van der Waals surface area contributed by atoms with Crippen LogP contribution < -0.4 is 10.2 Å². The Bertz CT molecular complexity index is 876. The monoisotopic (exact) mass is 368 g/mol. The number of carbonyl (C=O) groups excluding carboxylic acids is 1. The van der Waals surface area contributed by atoms with Gasteiger partial charge in [-0.1, -0.05) is 6.07 Å². The summed E-state index contributed by atoms with van der Waals surface area (Å²) in [7, 11) is 1.80. The van der Waals surface area contributed by atoms with Crippen LogP contribution in [0.2, 0.25) is 0 Å². The summed E-state index contributed by atoms with van der Waals surface area (Å²) < 4.78 is 1.65. The summed E-state index contributed by atoms with van der Waals surface area (Å²) in [4.78, 5) is 24.5. The molecule has 0 aromatic carbocycles. The zero-order valence-electron chi connectivity index (χ0n) is 14.5. The van der Waals surface area contributed by atoms with Gasteiger partial charge in [0.15, 0.2) is 0 Å². The summed E-state index contributed by atoms with van der Waals surface area (Å²) in [5, 5.41) is 9.62. The van der Waals surface area contributed by atoms with Gasteiger partial charge in [-0.05, 0) is 30.4 Å². The number of piperidine rings is 1. The minimum Gasteiger partial charge on any atom is -0.353 e. The number of anilines is 1.